The van der Waals surface area contributed by atoms with Crippen molar-refractivity contribution >= 4 is 34.0 Å². The predicted molar refractivity (Wildman–Crippen MR) is 128 cm³/mol. The van der Waals surface area contributed by atoms with Crippen molar-refractivity contribution in [3.05, 3.63) is 46.4 Å². The van der Waals surface area contributed by atoms with Gasteiger partial charge in [-0.1, -0.05) is 43.0 Å². The van der Waals surface area contributed by atoms with E-state index in [1.807, 2.05) is 6.07 Å². The summed E-state index contributed by atoms with van der Waals surface area (Å²) in [5.41, 5.74) is 8.96. The Balaban J connectivity index is 1.91. The van der Waals surface area contributed by atoms with Crippen LogP contribution in [0.15, 0.2) is 45.2 Å². The molecule has 1 atom stereocenters. The fourth-order valence-corrected chi connectivity index (χ4v) is 6.32. The van der Waals surface area contributed by atoms with Crippen LogP contribution in [0.1, 0.15) is 44.6 Å². The van der Waals surface area contributed by atoms with Gasteiger partial charge < -0.3 is 15.2 Å². The molecule has 1 unspecified atom stereocenters. The zero-order valence-corrected chi connectivity index (χ0v) is 20.5. The number of allylic oxidation sites excluding steroid dienone is 3. The van der Waals surface area contributed by atoms with Gasteiger partial charge in [0.1, 0.15) is 17.3 Å². The van der Waals surface area contributed by atoms with Gasteiger partial charge in [0.05, 0.1) is 31.8 Å². The van der Waals surface area contributed by atoms with E-state index in [9.17, 15) is 10.1 Å². The Morgan fingerprint density at radius 1 is 1.27 bits per heavy atom. The quantitative estimate of drug-likeness (QED) is 0.598. The lowest BCUT2D eigenvalue weighted by molar-refractivity contribution is -0.116. The predicted octanol–water partition coefficient (Wildman–Crippen LogP) is 4.36. The molecule has 10 heteroatoms. The van der Waals surface area contributed by atoms with Gasteiger partial charge in [0.25, 0.3) is 0 Å². The highest BCUT2D eigenvalue weighted by Gasteiger charge is 2.42. The number of methoxy groups -OCH3 is 2. The van der Waals surface area contributed by atoms with Crippen LogP contribution in [-0.4, -0.2) is 35.5 Å². The summed E-state index contributed by atoms with van der Waals surface area (Å²) >= 11 is 3.02. The summed E-state index contributed by atoms with van der Waals surface area (Å²) in [6.45, 7) is 4.17. The summed E-state index contributed by atoms with van der Waals surface area (Å²) in [7, 11) is 3.13. The maximum Gasteiger partial charge on any atom is 0.219 e. The number of ether oxygens (including phenoxy) is 2. The highest BCUT2D eigenvalue weighted by Crippen LogP contribution is 2.49. The van der Waals surface area contributed by atoms with Gasteiger partial charge in [-0.15, -0.1) is 10.2 Å². The van der Waals surface area contributed by atoms with Crippen molar-refractivity contribution in [2.24, 2.45) is 5.73 Å². The van der Waals surface area contributed by atoms with Crippen molar-refractivity contribution in [2.45, 2.75) is 48.6 Å². The van der Waals surface area contributed by atoms with E-state index >= 15 is 0 Å². The van der Waals surface area contributed by atoms with Crippen LogP contribution < -0.4 is 20.1 Å². The maximum absolute atomic E-state index is 13.3. The lowest BCUT2D eigenvalue weighted by Crippen LogP contribution is -2.38. The van der Waals surface area contributed by atoms with Gasteiger partial charge in [0.2, 0.25) is 5.13 Å². The third-order valence-electron chi connectivity index (χ3n) is 5.59. The summed E-state index contributed by atoms with van der Waals surface area (Å²) in [4.78, 5) is 15.0. The first-order valence-corrected chi connectivity index (χ1v) is 12.3. The lowest BCUT2D eigenvalue weighted by atomic mass is 9.75. The Labute approximate surface area is 201 Å². The molecule has 1 aromatic carbocycles. The first-order chi connectivity index (χ1) is 15.9. The number of carbonyl (C=O) groups is 1. The number of carbonyl (C=O) groups excluding carboxylic acids is 1. The Morgan fingerprint density at radius 3 is 2.73 bits per heavy atom. The SMILES string of the molecule is COc1ccc(C2C(C#N)=C(N)N(c3nnc(SC(C)C)s3)C3=C2C(=O)CCC3)c(OC)c1. The highest BCUT2D eigenvalue weighted by molar-refractivity contribution is 8.01. The van der Waals surface area contributed by atoms with Crippen molar-refractivity contribution in [1.29, 1.82) is 5.26 Å². The summed E-state index contributed by atoms with van der Waals surface area (Å²) in [6, 6.07) is 7.64. The molecule has 0 fully saturated rings. The molecule has 0 amide bonds. The summed E-state index contributed by atoms with van der Waals surface area (Å²) in [5.74, 6) is 0.811. The van der Waals surface area contributed by atoms with Crippen LogP contribution in [-0.2, 0) is 4.79 Å². The number of benzene rings is 1. The van der Waals surface area contributed by atoms with Gasteiger partial charge in [0.15, 0.2) is 10.1 Å². The summed E-state index contributed by atoms with van der Waals surface area (Å²) < 4.78 is 11.7. The molecular weight excluding hydrogens is 458 g/mol. The number of nitriles is 1. The molecule has 2 N–H and O–H groups in total. The second-order valence-corrected chi connectivity index (χ2v) is 10.7. The third kappa shape index (κ3) is 4.18. The second kappa shape index (κ2) is 9.45. The lowest BCUT2D eigenvalue weighted by Gasteiger charge is -2.38. The second-order valence-electron chi connectivity index (χ2n) is 7.94. The van der Waals surface area contributed by atoms with Crippen molar-refractivity contribution in [2.75, 3.05) is 19.1 Å². The number of rotatable bonds is 6. The molecule has 0 saturated carbocycles. The average Bonchev–Trinajstić information content (AvgIpc) is 3.25. The minimum Gasteiger partial charge on any atom is -0.497 e. The number of aromatic nitrogens is 2. The smallest absolute Gasteiger partial charge is 0.219 e. The van der Waals surface area contributed by atoms with Crippen molar-refractivity contribution in [1.82, 2.24) is 10.2 Å². The number of thioether (sulfide) groups is 1. The van der Waals surface area contributed by atoms with Gasteiger partial charge in [0, 0.05) is 34.6 Å². The molecule has 1 aromatic heterocycles. The summed E-state index contributed by atoms with van der Waals surface area (Å²) in [6.07, 6.45) is 1.79. The van der Waals surface area contributed by atoms with E-state index in [2.05, 4.69) is 30.1 Å². The Bertz CT molecular complexity index is 1190. The number of ketones is 1. The molecule has 0 saturated heterocycles. The van der Waals surface area contributed by atoms with Gasteiger partial charge in [-0.25, -0.2) is 0 Å². The molecular formula is C23H25N5O3S2. The van der Waals surface area contributed by atoms with E-state index in [4.69, 9.17) is 15.2 Å². The summed E-state index contributed by atoms with van der Waals surface area (Å²) in [5, 5.41) is 19.7. The topological polar surface area (TPSA) is 114 Å². The zero-order valence-electron chi connectivity index (χ0n) is 18.9. The Morgan fingerprint density at radius 2 is 2.06 bits per heavy atom. The van der Waals surface area contributed by atoms with Crippen molar-refractivity contribution in [3.8, 4) is 17.6 Å². The molecule has 172 valence electrons. The molecule has 4 rings (SSSR count). The first-order valence-electron chi connectivity index (χ1n) is 10.6. The molecule has 0 spiro atoms. The minimum absolute atomic E-state index is 0.00525. The van der Waals surface area contributed by atoms with Crippen molar-refractivity contribution < 1.29 is 14.3 Å². The number of nitrogens with two attached hydrogens (primary N) is 1. The van der Waals surface area contributed by atoms with Crippen LogP contribution in [0.25, 0.3) is 0 Å². The molecule has 1 aliphatic carbocycles. The fraction of sp³-hybridized carbons (Fsp3) is 0.391. The monoisotopic (exact) mass is 483 g/mol. The molecule has 2 aliphatic rings. The van der Waals surface area contributed by atoms with Gasteiger partial charge in [-0.2, -0.15) is 5.26 Å². The zero-order chi connectivity index (χ0) is 23.7. The molecule has 0 bridgehead atoms. The fourth-order valence-electron chi connectivity index (χ4n) is 4.21. The number of hydrogen-bond acceptors (Lipinski definition) is 10. The Kier molecular flexibility index (Phi) is 6.63. The number of Topliss-reactive ketones (excluding diaryl/α,β-unsaturated/α-hetero) is 1. The van der Waals surface area contributed by atoms with Crippen LogP contribution in [0.4, 0.5) is 5.13 Å². The van der Waals surface area contributed by atoms with Gasteiger partial charge in [-0.3, -0.25) is 9.69 Å². The molecule has 2 heterocycles. The van der Waals surface area contributed by atoms with E-state index in [-0.39, 0.29) is 11.6 Å². The van der Waals surface area contributed by atoms with E-state index < -0.39 is 5.92 Å². The van der Waals surface area contributed by atoms with Crippen LogP contribution in [0.3, 0.4) is 0 Å². The number of anilines is 1. The van der Waals surface area contributed by atoms with E-state index in [1.54, 1.807) is 43.0 Å². The van der Waals surface area contributed by atoms with Crippen LogP contribution in [0.2, 0.25) is 0 Å². The third-order valence-corrected chi connectivity index (χ3v) is 7.58. The van der Waals surface area contributed by atoms with Gasteiger partial charge in [-0.05, 0) is 18.9 Å². The normalized spacial score (nSPS) is 18.5. The van der Waals surface area contributed by atoms with E-state index in [1.165, 1.54) is 11.3 Å². The average molecular weight is 484 g/mol. The molecule has 33 heavy (non-hydrogen) atoms. The Hall–Kier alpha value is -3.03. The number of hydrogen-bond donors (Lipinski definition) is 1. The van der Waals surface area contributed by atoms with Crippen molar-refractivity contribution in [3.63, 3.8) is 0 Å². The minimum atomic E-state index is -0.618. The van der Waals surface area contributed by atoms with Gasteiger partial charge >= 0.3 is 0 Å². The van der Waals surface area contributed by atoms with Crippen LogP contribution in [0.5, 0.6) is 11.5 Å². The molecule has 0 radical (unpaired) electrons. The van der Waals surface area contributed by atoms with Crippen LogP contribution >= 0.6 is 23.1 Å². The van der Waals surface area contributed by atoms with E-state index in [0.29, 0.717) is 57.9 Å². The number of nitrogens with zero attached hydrogens (tertiary/aromatic N) is 4. The molecule has 1 aliphatic heterocycles. The first kappa shape index (κ1) is 23.1. The maximum atomic E-state index is 13.3. The standard InChI is InChI=1S/C23H25N5O3S2/c1-12(2)32-23-27-26-22(33-23)28-16-6-5-7-17(29)20(16)19(15(11-24)21(28)25)14-9-8-13(30-3)10-18(14)31-4/h8-10,12,19H,5-7,25H2,1-4H3. The van der Waals surface area contributed by atoms with Crippen LogP contribution in [0, 0.1) is 11.3 Å². The largest absolute Gasteiger partial charge is 0.497 e. The highest BCUT2D eigenvalue weighted by atomic mass is 32.2. The molecule has 8 nitrogen and oxygen atoms in total. The van der Waals surface area contributed by atoms with E-state index in [0.717, 1.165) is 10.0 Å². The molecule has 2 aromatic rings.